The third-order valence-electron chi connectivity index (χ3n) is 3.43. The van der Waals surface area contributed by atoms with E-state index in [9.17, 15) is 9.59 Å². The van der Waals surface area contributed by atoms with Crippen molar-refractivity contribution in [3.05, 3.63) is 11.3 Å². The molecule has 0 unspecified atom stereocenters. The summed E-state index contributed by atoms with van der Waals surface area (Å²) in [4.78, 5) is 24.6. The van der Waals surface area contributed by atoms with Crippen molar-refractivity contribution < 1.29 is 14.7 Å². The molecule has 0 saturated heterocycles. The van der Waals surface area contributed by atoms with Crippen LogP contribution >= 0.6 is 11.5 Å². The predicted octanol–water partition coefficient (Wildman–Crippen LogP) is 2.30. The van der Waals surface area contributed by atoms with Gasteiger partial charge in [-0.15, -0.1) is 0 Å². The third kappa shape index (κ3) is 2.38. The lowest BCUT2D eigenvalue weighted by Gasteiger charge is -2.26. The van der Waals surface area contributed by atoms with Gasteiger partial charge >= 0.3 is 5.97 Å². The molecule has 0 atom stereocenters. The van der Waals surface area contributed by atoms with Gasteiger partial charge in [-0.1, -0.05) is 6.42 Å². The van der Waals surface area contributed by atoms with Crippen molar-refractivity contribution in [2.24, 2.45) is 5.92 Å². The number of carbonyl (C=O) groups is 2. The zero-order valence-corrected chi connectivity index (χ0v) is 11.3. The first-order valence-electron chi connectivity index (χ1n) is 5.96. The first-order chi connectivity index (χ1) is 8.50. The number of nitrogens with zero attached hydrogens (tertiary/aromatic N) is 2. The van der Waals surface area contributed by atoms with E-state index in [2.05, 4.69) is 4.37 Å². The highest BCUT2D eigenvalue weighted by Gasteiger charge is 2.27. The fourth-order valence-electron chi connectivity index (χ4n) is 2.03. The summed E-state index contributed by atoms with van der Waals surface area (Å²) in [6, 6.07) is 0. The number of carboxylic acid groups (broad SMARTS) is 1. The number of aromatic carboxylic acids is 1. The number of hydrogen-bond acceptors (Lipinski definition) is 4. The van der Waals surface area contributed by atoms with Crippen LogP contribution in [-0.4, -0.2) is 28.4 Å². The van der Waals surface area contributed by atoms with Crippen molar-refractivity contribution in [2.75, 3.05) is 11.9 Å². The Hall–Kier alpha value is -1.43. The molecule has 1 aromatic heterocycles. The number of carboxylic acids is 1. The maximum Gasteiger partial charge on any atom is 0.340 e. The smallest absolute Gasteiger partial charge is 0.340 e. The van der Waals surface area contributed by atoms with Gasteiger partial charge in [0.2, 0.25) is 5.91 Å². The summed E-state index contributed by atoms with van der Waals surface area (Å²) in [5, 5.41) is 9.57. The van der Waals surface area contributed by atoms with Crippen molar-refractivity contribution in [1.82, 2.24) is 4.37 Å². The molecule has 1 aliphatic rings. The minimum Gasteiger partial charge on any atom is -0.478 e. The second-order valence-electron chi connectivity index (χ2n) is 4.71. The quantitative estimate of drug-likeness (QED) is 0.909. The first-order valence-corrected chi connectivity index (χ1v) is 6.74. The van der Waals surface area contributed by atoms with Crippen LogP contribution in [0.25, 0.3) is 0 Å². The molecule has 1 saturated carbocycles. The van der Waals surface area contributed by atoms with Crippen molar-refractivity contribution in [1.29, 1.82) is 0 Å². The van der Waals surface area contributed by atoms with E-state index < -0.39 is 5.97 Å². The summed E-state index contributed by atoms with van der Waals surface area (Å²) in [5.74, 6) is -0.576. The molecule has 5 nitrogen and oxygen atoms in total. The van der Waals surface area contributed by atoms with Crippen molar-refractivity contribution >= 4 is 28.4 Å². The molecule has 0 spiro atoms. The number of aromatic nitrogens is 1. The summed E-state index contributed by atoms with van der Waals surface area (Å²) < 4.78 is 4.02. The Morgan fingerprint density at radius 1 is 1.50 bits per heavy atom. The zero-order chi connectivity index (χ0) is 13.3. The molecule has 98 valence electrons. The van der Waals surface area contributed by atoms with Gasteiger partial charge in [-0.3, -0.25) is 4.79 Å². The molecular formula is C12H16N2O3S. The Kier molecular flexibility index (Phi) is 3.65. The highest BCUT2D eigenvalue weighted by atomic mass is 32.1. The minimum absolute atomic E-state index is 0.0224. The molecule has 1 amide bonds. The number of aryl methyl sites for hydroxylation is 1. The Labute approximate surface area is 110 Å². The first kappa shape index (κ1) is 13.0. The number of anilines is 1. The second-order valence-corrected chi connectivity index (χ2v) is 5.46. The molecule has 18 heavy (non-hydrogen) atoms. The molecule has 0 radical (unpaired) electrons. The van der Waals surface area contributed by atoms with Crippen LogP contribution in [0, 0.1) is 12.8 Å². The van der Waals surface area contributed by atoms with Crippen LogP contribution in [0.15, 0.2) is 0 Å². The number of hydrogen-bond donors (Lipinski definition) is 1. The van der Waals surface area contributed by atoms with Gasteiger partial charge in [0.25, 0.3) is 0 Å². The number of amides is 1. The van der Waals surface area contributed by atoms with Gasteiger partial charge in [-0.25, -0.2) is 4.79 Å². The molecule has 6 heteroatoms. The second kappa shape index (κ2) is 5.06. The van der Waals surface area contributed by atoms with Crippen LogP contribution in [0.1, 0.15) is 41.7 Å². The van der Waals surface area contributed by atoms with Gasteiger partial charge in [0, 0.05) is 13.5 Å². The van der Waals surface area contributed by atoms with Gasteiger partial charge in [-0.2, -0.15) is 4.37 Å². The third-order valence-corrected chi connectivity index (χ3v) is 4.44. The molecule has 1 heterocycles. The van der Waals surface area contributed by atoms with Crippen LogP contribution < -0.4 is 4.90 Å². The highest BCUT2D eigenvalue weighted by Crippen LogP contribution is 2.32. The van der Waals surface area contributed by atoms with E-state index in [4.69, 9.17) is 5.11 Å². The lowest BCUT2D eigenvalue weighted by molar-refractivity contribution is -0.119. The zero-order valence-electron chi connectivity index (χ0n) is 10.5. The highest BCUT2D eigenvalue weighted by molar-refractivity contribution is 7.11. The molecule has 1 fully saturated rings. The lowest BCUT2D eigenvalue weighted by atomic mass is 9.83. The monoisotopic (exact) mass is 268 g/mol. The van der Waals surface area contributed by atoms with Crippen LogP contribution in [0.2, 0.25) is 0 Å². The Bertz CT molecular complexity index is 480. The Morgan fingerprint density at radius 2 is 2.17 bits per heavy atom. The molecule has 1 N–H and O–H groups in total. The van der Waals surface area contributed by atoms with Crippen molar-refractivity contribution in [2.45, 2.75) is 32.6 Å². The van der Waals surface area contributed by atoms with Gasteiger partial charge in [0.1, 0.15) is 10.6 Å². The summed E-state index contributed by atoms with van der Waals surface area (Å²) in [5.41, 5.74) is 0.607. The standard InChI is InChI=1S/C12H16N2O3S/c1-7-10(12(16)17)11(18-13-7)14(2)9(15)6-8-4-3-5-8/h8H,3-6H2,1-2H3,(H,16,17). The van der Waals surface area contributed by atoms with Crippen LogP contribution in [0.3, 0.4) is 0 Å². The minimum atomic E-state index is -1.03. The summed E-state index contributed by atoms with van der Waals surface area (Å²) in [7, 11) is 1.63. The van der Waals surface area contributed by atoms with E-state index >= 15 is 0 Å². The normalized spacial score (nSPS) is 15.2. The van der Waals surface area contributed by atoms with E-state index in [1.54, 1.807) is 14.0 Å². The SMILES string of the molecule is Cc1nsc(N(C)C(=O)CC2CCC2)c1C(=O)O. The molecule has 1 aromatic rings. The largest absolute Gasteiger partial charge is 0.478 e. The molecule has 1 aliphatic carbocycles. The van der Waals surface area contributed by atoms with E-state index in [0.717, 1.165) is 24.4 Å². The van der Waals surface area contributed by atoms with Gasteiger partial charge in [0.05, 0.1) is 5.69 Å². The van der Waals surface area contributed by atoms with Crippen LogP contribution in [0.4, 0.5) is 5.00 Å². The summed E-state index contributed by atoms with van der Waals surface area (Å²) >= 11 is 1.07. The maximum absolute atomic E-state index is 12.0. The Balaban J connectivity index is 2.14. The Morgan fingerprint density at radius 3 is 2.67 bits per heavy atom. The van der Waals surface area contributed by atoms with E-state index in [-0.39, 0.29) is 11.5 Å². The van der Waals surface area contributed by atoms with Crippen molar-refractivity contribution in [3.8, 4) is 0 Å². The van der Waals surface area contributed by atoms with Crippen molar-refractivity contribution in [3.63, 3.8) is 0 Å². The average Bonchev–Trinajstić information content (AvgIpc) is 2.64. The van der Waals surface area contributed by atoms with E-state index in [0.29, 0.717) is 23.0 Å². The molecule has 2 rings (SSSR count). The lowest BCUT2D eigenvalue weighted by Crippen LogP contribution is -2.30. The molecular weight excluding hydrogens is 252 g/mol. The summed E-state index contributed by atoms with van der Waals surface area (Å²) in [6.45, 7) is 1.65. The van der Waals surface area contributed by atoms with E-state index in [1.807, 2.05) is 0 Å². The fraction of sp³-hybridized carbons (Fsp3) is 0.583. The number of carbonyl (C=O) groups excluding carboxylic acids is 1. The van der Waals surface area contributed by atoms with Gasteiger partial charge < -0.3 is 10.0 Å². The maximum atomic E-state index is 12.0. The van der Waals surface area contributed by atoms with Gasteiger partial charge in [-0.05, 0) is 37.2 Å². The molecule has 0 aromatic carbocycles. The molecule has 0 aliphatic heterocycles. The van der Waals surface area contributed by atoms with E-state index in [1.165, 1.54) is 11.3 Å². The fourth-order valence-corrected chi connectivity index (χ4v) is 2.89. The van der Waals surface area contributed by atoms with Crippen LogP contribution in [-0.2, 0) is 4.79 Å². The number of rotatable bonds is 4. The average molecular weight is 268 g/mol. The molecule has 0 bridgehead atoms. The van der Waals surface area contributed by atoms with Gasteiger partial charge in [0.15, 0.2) is 0 Å². The predicted molar refractivity (Wildman–Crippen MR) is 69.2 cm³/mol. The van der Waals surface area contributed by atoms with Crippen LogP contribution in [0.5, 0.6) is 0 Å². The topological polar surface area (TPSA) is 70.5 Å². The summed E-state index contributed by atoms with van der Waals surface area (Å²) in [6.07, 6.45) is 3.91.